The van der Waals surface area contributed by atoms with Gasteiger partial charge in [-0.1, -0.05) is 0 Å². The van der Waals surface area contributed by atoms with Crippen LogP contribution in [0.4, 0.5) is 0 Å². The van der Waals surface area contributed by atoms with Crippen molar-refractivity contribution in [2.24, 2.45) is 4.99 Å². The van der Waals surface area contributed by atoms with Crippen LogP contribution in [0.3, 0.4) is 0 Å². The van der Waals surface area contributed by atoms with Crippen molar-refractivity contribution in [2.75, 3.05) is 7.05 Å². The number of hydrazine groups is 1. The Balaban J connectivity index is 2.55. The molecule has 6 heteroatoms. The molecule has 2 rings (SSSR count). The zero-order chi connectivity index (χ0) is 9.59. The number of rotatable bonds is 0. The highest BCUT2D eigenvalue weighted by molar-refractivity contribution is 5.64. The lowest BCUT2D eigenvalue weighted by molar-refractivity contribution is 0.0261. The molecule has 0 spiro atoms. The first kappa shape index (κ1) is 7.93. The first-order valence-corrected chi connectivity index (χ1v) is 3.71. The molecule has 3 N–H and O–H groups in total. The number of hydrogen-bond acceptors (Lipinski definition) is 6. The highest BCUT2D eigenvalue weighted by atomic mass is 16.5. The fourth-order valence-corrected chi connectivity index (χ4v) is 1.41. The van der Waals surface area contributed by atoms with Gasteiger partial charge in [0.15, 0.2) is 0 Å². The second-order valence-corrected chi connectivity index (χ2v) is 2.84. The molecule has 6 nitrogen and oxygen atoms in total. The second kappa shape index (κ2) is 2.40. The lowest BCUT2D eigenvalue weighted by Gasteiger charge is -2.20. The zero-order valence-corrected chi connectivity index (χ0v) is 7.24. The van der Waals surface area contributed by atoms with Crippen LogP contribution in [-0.4, -0.2) is 33.8 Å². The Kier molecular flexibility index (Phi) is 1.46. The van der Waals surface area contributed by atoms with Crippen molar-refractivity contribution in [1.82, 2.24) is 15.5 Å². The molecule has 69 valence electrons. The molecule has 0 bridgehead atoms. The molecular formula is C7H9N4O2. The van der Waals surface area contributed by atoms with Gasteiger partial charge in [-0.25, -0.2) is 0 Å². The van der Waals surface area contributed by atoms with Crippen LogP contribution in [0.2, 0.25) is 0 Å². The highest BCUT2D eigenvalue weighted by Crippen LogP contribution is 2.29. The van der Waals surface area contributed by atoms with Gasteiger partial charge in [-0.15, -0.1) is 0 Å². The number of aliphatic imine (C=N–C) groups is 1. The predicted octanol–water partition coefficient (Wildman–Crippen LogP) is 0.00510. The zero-order valence-electron chi connectivity index (χ0n) is 7.24. The van der Waals surface area contributed by atoms with E-state index in [0.717, 1.165) is 10.8 Å². The van der Waals surface area contributed by atoms with Crippen LogP contribution in [0, 0.1) is 0 Å². The molecular weight excluding hydrogens is 172 g/mol. The molecule has 0 aliphatic carbocycles. The van der Waals surface area contributed by atoms with Gasteiger partial charge in [-0.05, 0) is 6.92 Å². The number of aliphatic hydroxyl groups is 1. The molecule has 2 heterocycles. The van der Waals surface area contributed by atoms with Gasteiger partial charge >= 0.3 is 0 Å². The van der Waals surface area contributed by atoms with E-state index in [1.807, 2.05) is 0 Å². The molecule has 0 aromatic rings. The normalized spacial score (nSPS) is 21.2. The lowest BCUT2D eigenvalue weighted by atomic mass is 10.2. The Bertz CT molecular complexity index is 344. The second-order valence-electron chi connectivity index (χ2n) is 2.84. The van der Waals surface area contributed by atoms with E-state index in [1.54, 1.807) is 19.0 Å². The molecule has 0 fully saturated rings. The number of nitrogens with zero attached hydrogens (tertiary/aromatic N) is 3. The molecule has 0 aromatic carbocycles. The van der Waals surface area contributed by atoms with Crippen molar-refractivity contribution < 1.29 is 10.3 Å². The Morgan fingerprint density at radius 3 is 2.77 bits per heavy atom. The fourth-order valence-electron chi connectivity index (χ4n) is 1.41. The summed E-state index contributed by atoms with van der Waals surface area (Å²) < 4.78 is 0. The highest BCUT2D eigenvalue weighted by Gasteiger charge is 2.31. The summed E-state index contributed by atoms with van der Waals surface area (Å²) in [6, 6.07) is 0. The van der Waals surface area contributed by atoms with E-state index in [2.05, 4.69) is 16.8 Å². The predicted molar refractivity (Wildman–Crippen MR) is 44.3 cm³/mol. The van der Waals surface area contributed by atoms with Crippen molar-refractivity contribution >= 4 is 6.34 Å². The first-order chi connectivity index (χ1) is 6.11. The van der Waals surface area contributed by atoms with Gasteiger partial charge in [0.2, 0.25) is 12.2 Å². The van der Waals surface area contributed by atoms with Crippen LogP contribution in [-0.2, 0) is 0 Å². The summed E-state index contributed by atoms with van der Waals surface area (Å²) in [6.45, 7) is 1.78. The molecule has 0 unspecified atom stereocenters. The van der Waals surface area contributed by atoms with Crippen molar-refractivity contribution in [2.45, 2.75) is 6.92 Å². The fraction of sp³-hybridized carbons (Fsp3) is 0.286. The molecule has 1 radical (unpaired) electrons. The van der Waals surface area contributed by atoms with Gasteiger partial charge in [-0.3, -0.25) is 10.2 Å². The van der Waals surface area contributed by atoms with Crippen molar-refractivity contribution in [3.8, 4) is 0 Å². The van der Waals surface area contributed by atoms with Crippen molar-refractivity contribution in [3.05, 3.63) is 23.0 Å². The standard InChI is InChI=1S/C7H9N4O2/c1-4-5-6(10(2)9-4)7(12)8-3-11(5)13/h9,12-13H,1-2H3. The van der Waals surface area contributed by atoms with Gasteiger partial charge in [0, 0.05) is 7.05 Å². The minimum atomic E-state index is -0.160. The molecule has 0 saturated carbocycles. The van der Waals surface area contributed by atoms with Gasteiger partial charge in [-0.2, -0.15) is 10.1 Å². The van der Waals surface area contributed by atoms with Crippen LogP contribution >= 0.6 is 0 Å². The van der Waals surface area contributed by atoms with Crippen molar-refractivity contribution in [3.63, 3.8) is 0 Å². The Labute approximate surface area is 75.0 Å². The molecule has 0 aromatic heterocycles. The third kappa shape index (κ3) is 0.955. The Morgan fingerprint density at radius 1 is 1.46 bits per heavy atom. The maximum absolute atomic E-state index is 9.38. The molecule has 0 saturated heterocycles. The quantitative estimate of drug-likeness (QED) is 0.491. The summed E-state index contributed by atoms with van der Waals surface area (Å²) in [7, 11) is 1.72. The van der Waals surface area contributed by atoms with Gasteiger partial charge in [0.1, 0.15) is 11.4 Å². The number of nitrogens with one attached hydrogen (secondary N) is 1. The van der Waals surface area contributed by atoms with Crippen LogP contribution in [0.25, 0.3) is 0 Å². The maximum Gasteiger partial charge on any atom is 0.241 e. The lowest BCUT2D eigenvalue weighted by Crippen LogP contribution is -2.29. The average molecular weight is 181 g/mol. The Hall–Kier alpha value is -1.69. The van der Waals surface area contributed by atoms with E-state index in [1.165, 1.54) is 0 Å². The van der Waals surface area contributed by atoms with E-state index in [4.69, 9.17) is 0 Å². The minimum Gasteiger partial charge on any atom is -0.492 e. The van der Waals surface area contributed by atoms with E-state index >= 15 is 0 Å². The van der Waals surface area contributed by atoms with E-state index in [0.29, 0.717) is 11.4 Å². The third-order valence-corrected chi connectivity index (χ3v) is 1.92. The summed E-state index contributed by atoms with van der Waals surface area (Å²) in [5, 5.41) is 21.1. The molecule has 0 atom stereocenters. The average Bonchev–Trinajstić information content (AvgIpc) is 2.36. The summed E-state index contributed by atoms with van der Waals surface area (Å²) in [4.78, 5) is 3.48. The van der Waals surface area contributed by atoms with Gasteiger partial charge in [0.05, 0.1) is 5.70 Å². The van der Waals surface area contributed by atoms with E-state index in [9.17, 15) is 10.3 Å². The van der Waals surface area contributed by atoms with Crippen LogP contribution in [0.1, 0.15) is 6.92 Å². The number of aliphatic hydroxyl groups excluding tert-OH is 1. The van der Waals surface area contributed by atoms with Crippen molar-refractivity contribution in [1.29, 1.82) is 0 Å². The maximum atomic E-state index is 9.38. The summed E-state index contributed by atoms with van der Waals surface area (Å²) >= 11 is 0. The van der Waals surface area contributed by atoms with Crippen LogP contribution in [0.5, 0.6) is 0 Å². The summed E-state index contributed by atoms with van der Waals surface area (Å²) in [5.74, 6) is -0.160. The van der Waals surface area contributed by atoms with Crippen LogP contribution < -0.4 is 5.43 Å². The Morgan fingerprint density at radius 2 is 2.15 bits per heavy atom. The number of likely N-dealkylation sites (N-methyl/N-ethyl adjacent to an activating group) is 1. The molecule has 2 aliphatic heterocycles. The number of hydrogen-bond donors (Lipinski definition) is 3. The smallest absolute Gasteiger partial charge is 0.241 e. The van der Waals surface area contributed by atoms with Crippen LogP contribution in [0.15, 0.2) is 28.0 Å². The molecule has 0 amide bonds. The summed E-state index contributed by atoms with van der Waals surface area (Å²) in [6.07, 6.45) is 2.24. The largest absolute Gasteiger partial charge is 0.492 e. The van der Waals surface area contributed by atoms with Gasteiger partial charge < -0.3 is 10.5 Å². The number of hydroxylamine groups is 2. The molecule has 13 heavy (non-hydrogen) atoms. The monoisotopic (exact) mass is 181 g/mol. The third-order valence-electron chi connectivity index (χ3n) is 1.92. The first-order valence-electron chi connectivity index (χ1n) is 3.71. The topological polar surface area (TPSA) is 71.3 Å². The number of fused-ring (bicyclic) bond motifs is 1. The SMILES string of the molecule is CC1=C2C(=C(O)N=[C]N2O)N(C)N1. The van der Waals surface area contributed by atoms with Gasteiger partial charge in [0.25, 0.3) is 0 Å². The summed E-state index contributed by atoms with van der Waals surface area (Å²) in [5.41, 5.74) is 4.55. The van der Waals surface area contributed by atoms with E-state index < -0.39 is 0 Å². The number of allylic oxidation sites excluding steroid dienone is 1. The molecule has 2 aliphatic rings. The minimum absolute atomic E-state index is 0.160. The van der Waals surface area contributed by atoms with E-state index in [-0.39, 0.29) is 5.88 Å².